The summed E-state index contributed by atoms with van der Waals surface area (Å²) < 4.78 is 1.80. The number of carbonyl (C=O) groups is 1. The molecule has 1 unspecified atom stereocenters. The van der Waals surface area contributed by atoms with Gasteiger partial charge in [0, 0.05) is 18.1 Å². The lowest BCUT2D eigenvalue weighted by Gasteiger charge is -2.09. The third-order valence-electron chi connectivity index (χ3n) is 3.93. The summed E-state index contributed by atoms with van der Waals surface area (Å²) in [6.07, 6.45) is 0.648. The molecule has 2 aromatic carbocycles. The Balaban J connectivity index is 1.67. The molecule has 0 spiro atoms. The minimum absolute atomic E-state index is 0.00552. The quantitative estimate of drug-likeness (QED) is 0.804. The Kier molecular flexibility index (Phi) is 3.00. The normalized spacial score (nSPS) is 16.4. The van der Waals surface area contributed by atoms with Crippen LogP contribution in [0.25, 0.3) is 11.3 Å². The molecule has 1 aromatic heterocycles. The van der Waals surface area contributed by atoms with Crippen molar-refractivity contribution in [1.29, 1.82) is 0 Å². The van der Waals surface area contributed by atoms with Gasteiger partial charge in [0.15, 0.2) is 0 Å². The van der Waals surface area contributed by atoms with E-state index in [0.717, 1.165) is 22.6 Å². The molecule has 4 rings (SSSR count). The fourth-order valence-corrected chi connectivity index (χ4v) is 2.81. The van der Waals surface area contributed by atoms with Crippen molar-refractivity contribution in [3.63, 3.8) is 0 Å². The lowest BCUT2D eigenvalue weighted by molar-refractivity contribution is -0.118. The first kappa shape index (κ1) is 12.8. The van der Waals surface area contributed by atoms with Crippen LogP contribution in [0.4, 0.5) is 5.82 Å². The zero-order chi connectivity index (χ0) is 14.9. The largest absolute Gasteiger partial charge is 0.309 e. The smallest absolute Gasteiger partial charge is 0.250 e. The summed E-state index contributed by atoms with van der Waals surface area (Å²) >= 11 is 0. The Labute approximate surface area is 128 Å². The minimum Gasteiger partial charge on any atom is -0.309 e. The molecule has 2 heterocycles. The SMILES string of the molecule is O=C1Nc2cc(-c3ccccc3)nn2C1Cc1ccccc1. The highest BCUT2D eigenvalue weighted by Gasteiger charge is 2.32. The summed E-state index contributed by atoms with van der Waals surface area (Å²) in [7, 11) is 0. The van der Waals surface area contributed by atoms with Crippen LogP contribution in [-0.4, -0.2) is 15.7 Å². The number of hydrogen-bond donors (Lipinski definition) is 1. The summed E-state index contributed by atoms with van der Waals surface area (Å²) in [5.74, 6) is 0.774. The molecule has 1 amide bonds. The molecule has 0 saturated carbocycles. The maximum Gasteiger partial charge on any atom is 0.250 e. The lowest BCUT2D eigenvalue weighted by Crippen LogP contribution is -2.19. The van der Waals surface area contributed by atoms with E-state index in [-0.39, 0.29) is 11.9 Å². The second-order valence-electron chi connectivity index (χ2n) is 5.42. The average molecular weight is 289 g/mol. The van der Waals surface area contributed by atoms with Crippen LogP contribution in [-0.2, 0) is 11.2 Å². The van der Waals surface area contributed by atoms with Gasteiger partial charge in [-0.25, -0.2) is 4.68 Å². The maximum atomic E-state index is 12.2. The standard InChI is InChI=1S/C18H15N3O/c22-18-16(11-13-7-3-1-4-8-13)21-17(19-18)12-15(20-21)14-9-5-2-6-10-14/h1-10,12,16H,11H2,(H,19,22). The van der Waals surface area contributed by atoms with Gasteiger partial charge in [0.1, 0.15) is 11.9 Å². The highest BCUT2D eigenvalue weighted by Crippen LogP contribution is 2.31. The molecule has 0 radical (unpaired) electrons. The fourth-order valence-electron chi connectivity index (χ4n) is 2.81. The highest BCUT2D eigenvalue weighted by molar-refractivity contribution is 5.97. The summed E-state index contributed by atoms with van der Waals surface area (Å²) in [5.41, 5.74) is 3.07. The van der Waals surface area contributed by atoms with E-state index in [1.165, 1.54) is 0 Å². The molecule has 0 fully saturated rings. The van der Waals surface area contributed by atoms with Crippen molar-refractivity contribution < 1.29 is 4.79 Å². The zero-order valence-electron chi connectivity index (χ0n) is 11.9. The van der Waals surface area contributed by atoms with Gasteiger partial charge in [-0.3, -0.25) is 4.79 Å². The number of nitrogens with zero attached hydrogens (tertiary/aromatic N) is 2. The van der Waals surface area contributed by atoms with Crippen molar-refractivity contribution in [3.05, 3.63) is 72.3 Å². The monoisotopic (exact) mass is 289 g/mol. The minimum atomic E-state index is -0.283. The number of rotatable bonds is 3. The van der Waals surface area contributed by atoms with E-state index in [9.17, 15) is 4.79 Å². The van der Waals surface area contributed by atoms with E-state index in [1.54, 1.807) is 4.68 Å². The predicted molar refractivity (Wildman–Crippen MR) is 85.5 cm³/mol. The lowest BCUT2D eigenvalue weighted by atomic mass is 10.1. The van der Waals surface area contributed by atoms with Gasteiger partial charge in [0.05, 0.1) is 5.69 Å². The number of amides is 1. The van der Waals surface area contributed by atoms with Gasteiger partial charge in [-0.15, -0.1) is 0 Å². The van der Waals surface area contributed by atoms with E-state index in [2.05, 4.69) is 10.4 Å². The predicted octanol–water partition coefficient (Wildman–Crippen LogP) is 3.29. The summed E-state index contributed by atoms with van der Waals surface area (Å²) in [5, 5.41) is 7.54. The number of fused-ring (bicyclic) bond motifs is 1. The number of aromatic nitrogens is 2. The van der Waals surface area contributed by atoms with Crippen LogP contribution in [0.1, 0.15) is 11.6 Å². The molecular formula is C18H15N3O. The van der Waals surface area contributed by atoms with Crippen LogP contribution in [0.3, 0.4) is 0 Å². The highest BCUT2D eigenvalue weighted by atomic mass is 16.2. The fraction of sp³-hybridized carbons (Fsp3) is 0.111. The van der Waals surface area contributed by atoms with Crippen LogP contribution in [0.5, 0.6) is 0 Å². The molecule has 0 saturated heterocycles. The molecule has 1 N–H and O–H groups in total. The molecule has 0 bridgehead atoms. The van der Waals surface area contributed by atoms with Gasteiger partial charge >= 0.3 is 0 Å². The first-order chi connectivity index (χ1) is 10.8. The van der Waals surface area contributed by atoms with Gasteiger partial charge in [-0.2, -0.15) is 5.10 Å². The Morgan fingerprint density at radius 3 is 2.41 bits per heavy atom. The Hall–Kier alpha value is -2.88. The van der Waals surface area contributed by atoms with Crippen molar-refractivity contribution in [2.75, 3.05) is 5.32 Å². The van der Waals surface area contributed by atoms with Gasteiger partial charge in [-0.1, -0.05) is 60.7 Å². The molecule has 4 heteroatoms. The van der Waals surface area contributed by atoms with Gasteiger partial charge in [-0.05, 0) is 5.56 Å². The first-order valence-electron chi connectivity index (χ1n) is 7.31. The van der Waals surface area contributed by atoms with Crippen LogP contribution in [0.2, 0.25) is 0 Å². The number of anilines is 1. The second-order valence-corrected chi connectivity index (χ2v) is 5.42. The second kappa shape index (κ2) is 5.15. The zero-order valence-corrected chi connectivity index (χ0v) is 11.9. The van der Waals surface area contributed by atoms with Crippen molar-refractivity contribution in [2.24, 2.45) is 0 Å². The van der Waals surface area contributed by atoms with Crippen LogP contribution >= 0.6 is 0 Å². The number of carbonyl (C=O) groups excluding carboxylic acids is 1. The van der Waals surface area contributed by atoms with Crippen LogP contribution < -0.4 is 5.32 Å². The third-order valence-corrected chi connectivity index (χ3v) is 3.93. The van der Waals surface area contributed by atoms with Gasteiger partial charge in [0.25, 0.3) is 5.91 Å². The van der Waals surface area contributed by atoms with Gasteiger partial charge < -0.3 is 5.32 Å². The van der Waals surface area contributed by atoms with Crippen molar-refractivity contribution in [2.45, 2.75) is 12.5 Å². The molecule has 4 nitrogen and oxygen atoms in total. The summed E-state index contributed by atoms with van der Waals surface area (Å²) in [6.45, 7) is 0. The third kappa shape index (κ3) is 2.19. The Bertz CT molecular complexity index is 809. The summed E-state index contributed by atoms with van der Waals surface area (Å²) in [6, 6.07) is 21.7. The molecule has 1 aliphatic heterocycles. The molecule has 1 atom stereocenters. The first-order valence-corrected chi connectivity index (χ1v) is 7.31. The van der Waals surface area contributed by atoms with Gasteiger partial charge in [0.2, 0.25) is 0 Å². The van der Waals surface area contributed by atoms with E-state index in [0.29, 0.717) is 6.42 Å². The molecule has 0 aliphatic carbocycles. The number of nitrogens with one attached hydrogen (secondary N) is 1. The van der Waals surface area contributed by atoms with Crippen molar-refractivity contribution >= 4 is 11.7 Å². The topological polar surface area (TPSA) is 46.9 Å². The average Bonchev–Trinajstić information content (AvgIpc) is 3.09. The van der Waals surface area contributed by atoms with Crippen LogP contribution in [0.15, 0.2) is 66.7 Å². The van der Waals surface area contributed by atoms with Crippen LogP contribution in [0, 0.1) is 0 Å². The van der Waals surface area contributed by atoms with E-state index < -0.39 is 0 Å². The molecular weight excluding hydrogens is 274 g/mol. The van der Waals surface area contributed by atoms with E-state index in [4.69, 9.17) is 0 Å². The van der Waals surface area contributed by atoms with E-state index >= 15 is 0 Å². The molecule has 108 valence electrons. The van der Waals surface area contributed by atoms with Crippen molar-refractivity contribution in [3.8, 4) is 11.3 Å². The Morgan fingerprint density at radius 1 is 1.00 bits per heavy atom. The van der Waals surface area contributed by atoms with E-state index in [1.807, 2.05) is 66.7 Å². The molecule has 22 heavy (non-hydrogen) atoms. The number of benzene rings is 2. The van der Waals surface area contributed by atoms with Crippen molar-refractivity contribution in [1.82, 2.24) is 9.78 Å². The number of hydrogen-bond acceptors (Lipinski definition) is 2. The molecule has 3 aromatic rings. The Morgan fingerprint density at radius 2 is 1.68 bits per heavy atom. The molecule has 1 aliphatic rings. The summed E-state index contributed by atoms with van der Waals surface area (Å²) in [4.78, 5) is 12.2. The maximum absolute atomic E-state index is 12.2.